The van der Waals surface area contributed by atoms with Gasteiger partial charge in [0, 0.05) is 15.5 Å². The summed E-state index contributed by atoms with van der Waals surface area (Å²) in [5.74, 6) is 0.121. The summed E-state index contributed by atoms with van der Waals surface area (Å²) in [7, 11) is 0. The molecule has 2 atom stereocenters. The number of hydrogen-bond donors (Lipinski definition) is 2. The summed E-state index contributed by atoms with van der Waals surface area (Å²) in [5, 5.41) is 12.0. The van der Waals surface area contributed by atoms with E-state index in [1.54, 1.807) is 11.3 Å². The van der Waals surface area contributed by atoms with Crippen molar-refractivity contribution in [2.24, 2.45) is 11.7 Å². The fourth-order valence-electron chi connectivity index (χ4n) is 2.41. The van der Waals surface area contributed by atoms with Crippen LogP contribution in [-0.4, -0.2) is 11.7 Å². The van der Waals surface area contributed by atoms with Crippen molar-refractivity contribution in [1.82, 2.24) is 0 Å². The van der Waals surface area contributed by atoms with Crippen molar-refractivity contribution < 1.29 is 5.11 Å². The van der Waals surface area contributed by atoms with E-state index in [9.17, 15) is 5.11 Å². The van der Waals surface area contributed by atoms with Crippen molar-refractivity contribution in [1.29, 1.82) is 0 Å². The number of hydrogen-bond acceptors (Lipinski definition) is 3. The fraction of sp³-hybridized carbons (Fsp3) is 0.467. The summed E-state index contributed by atoms with van der Waals surface area (Å²) >= 11 is 1.67. The standard InChI is InChI=1S/C15H21NOS/c1-3-6-12(10-16)15(2,17)14-9-11-7-4-5-8-13(11)18-14/h4-5,7-9,12,17H,3,6,10,16H2,1-2H3. The molecule has 2 rings (SSSR count). The van der Waals surface area contributed by atoms with Crippen molar-refractivity contribution in [3.05, 3.63) is 35.2 Å². The Morgan fingerprint density at radius 1 is 1.39 bits per heavy atom. The van der Waals surface area contributed by atoms with E-state index >= 15 is 0 Å². The van der Waals surface area contributed by atoms with Crippen LogP contribution in [0.25, 0.3) is 10.1 Å². The van der Waals surface area contributed by atoms with Crippen LogP contribution in [0.15, 0.2) is 30.3 Å². The van der Waals surface area contributed by atoms with E-state index in [1.807, 2.05) is 19.1 Å². The number of aliphatic hydroxyl groups is 1. The second-order valence-electron chi connectivity index (χ2n) is 5.02. The zero-order valence-corrected chi connectivity index (χ0v) is 11.8. The summed E-state index contributed by atoms with van der Waals surface area (Å²) in [6, 6.07) is 10.3. The van der Waals surface area contributed by atoms with E-state index < -0.39 is 5.60 Å². The molecule has 2 aromatic rings. The van der Waals surface area contributed by atoms with Crippen LogP contribution in [0.3, 0.4) is 0 Å². The average Bonchev–Trinajstić information content (AvgIpc) is 2.80. The van der Waals surface area contributed by atoms with Crippen LogP contribution >= 0.6 is 11.3 Å². The van der Waals surface area contributed by atoms with Crippen molar-refractivity contribution in [2.45, 2.75) is 32.3 Å². The van der Waals surface area contributed by atoms with E-state index in [-0.39, 0.29) is 5.92 Å². The minimum Gasteiger partial charge on any atom is -0.384 e. The van der Waals surface area contributed by atoms with Gasteiger partial charge in [-0.05, 0) is 37.4 Å². The van der Waals surface area contributed by atoms with Gasteiger partial charge < -0.3 is 10.8 Å². The maximum absolute atomic E-state index is 10.8. The molecule has 2 nitrogen and oxygen atoms in total. The van der Waals surface area contributed by atoms with Gasteiger partial charge in [-0.15, -0.1) is 11.3 Å². The molecule has 0 aliphatic rings. The number of thiophene rings is 1. The third kappa shape index (κ3) is 2.44. The monoisotopic (exact) mass is 263 g/mol. The molecule has 1 heterocycles. The molecule has 0 saturated heterocycles. The molecule has 0 bridgehead atoms. The Labute approximate surface area is 112 Å². The van der Waals surface area contributed by atoms with Gasteiger partial charge in [-0.25, -0.2) is 0 Å². The first-order valence-corrected chi connectivity index (χ1v) is 7.32. The third-order valence-corrected chi connectivity index (χ3v) is 4.98. The molecule has 0 radical (unpaired) electrons. The van der Waals surface area contributed by atoms with Crippen LogP contribution in [0.5, 0.6) is 0 Å². The van der Waals surface area contributed by atoms with Gasteiger partial charge in [0.15, 0.2) is 0 Å². The lowest BCUT2D eigenvalue weighted by atomic mass is 9.84. The summed E-state index contributed by atoms with van der Waals surface area (Å²) < 4.78 is 1.22. The Morgan fingerprint density at radius 3 is 2.72 bits per heavy atom. The Bertz CT molecular complexity index is 485. The largest absolute Gasteiger partial charge is 0.384 e. The summed E-state index contributed by atoms with van der Waals surface area (Å²) in [6.45, 7) is 4.55. The first-order chi connectivity index (χ1) is 8.59. The van der Waals surface area contributed by atoms with E-state index in [1.165, 1.54) is 10.1 Å². The zero-order valence-electron chi connectivity index (χ0n) is 11.0. The zero-order chi connectivity index (χ0) is 13.2. The lowest BCUT2D eigenvalue weighted by molar-refractivity contribution is -0.00278. The van der Waals surface area contributed by atoms with Crippen molar-refractivity contribution in [3.63, 3.8) is 0 Å². The minimum absolute atomic E-state index is 0.121. The van der Waals surface area contributed by atoms with Gasteiger partial charge in [-0.2, -0.15) is 0 Å². The minimum atomic E-state index is -0.825. The van der Waals surface area contributed by atoms with Gasteiger partial charge in [-0.3, -0.25) is 0 Å². The van der Waals surface area contributed by atoms with Crippen LogP contribution in [0.1, 0.15) is 31.6 Å². The highest BCUT2D eigenvalue weighted by Gasteiger charge is 2.33. The van der Waals surface area contributed by atoms with Crippen LogP contribution in [0, 0.1) is 5.92 Å². The SMILES string of the molecule is CCCC(CN)C(C)(O)c1cc2ccccc2s1. The highest BCUT2D eigenvalue weighted by Crippen LogP contribution is 2.38. The van der Waals surface area contributed by atoms with Crippen LogP contribution in [0.2, 0.25) is 0 Å². The second kappa shape index (κ2) is 5.39. The van der Waals surface area contributed by atoms with Crippen molar-refractivity contribution >= 4 is 21.4 Å². The Morgan fingerprint density at radius 2 is 2.11 bits per heavy atom. The first-order valence-electron chi connectivity index (χ1n) is 6.51. The molecule has 1 aromatic heterocycles. The fourth-order valence-corrected chi connectivity index (χ4v) is 3.60. The average molecular weight is 263 g/mol. The molecular weight excluding hydrogens is 242 g/mol. The molecule has 0 aliphatic heterocycles. The maximum atomic E-state index is 10.8. The predicted molar refractivity (Wildman–Crippen MR) is 78.8 cm³/mol. The molecule has 0 saturated carbocycles. The lowest BCUT2D eigenvalue weighted by Crippen LogP contribution is -2.36. The second-order valence-corrected chi connectivity index (χ2v) is 6.10. The smallest absolute Gasteiger partial charge is 0.1000 e. The molecule has 3 N–H and O–H groups in total. The van der Waals surface area contributed by atoms with Crippen molar-refractivity contribution in [3.8, 4) is 0 Å². The third-order valence-electron chi connectivity index (χ3n) is 3.64. The first kappa shape index (κ1) is 13.5. The maximum Gasteiger partial charge on any atom is 0.1000 e. The van der Waals surface area contributed by atoms with Gasteiger partial charge in [0.25, 0.3) is 0 Å². The molecule has 0 amide bonds. The number of rotatable bonds is 5. The number of benzene rings is 1. The summed E-state index contributed by atoms with van der Waals surface area (Å²) in [4.78, 5) is 1.02. The van der Waals surface area contributed by atoms with Crippen LogP contribution in [0.4, 0.5) is 0 Å². The molecule has 18 heavy (non-hydrogen) atoms. The van der Waals surface area contributed by atoms with E-state index in [0.717, 1.165) is 17.7 Å². The number of fused-ring (bicyclic) bond motifs is 1. The van der Waals surface area contributed by atoms with Crippen LogP contribution in [-0.2, 0) is 5.60 Å². The highest BCUT2D eigenvalue weighted by atomic mass is 32.1. The molecular formula is C15H21NOS. The Balaban J connectivity index is 2.38. The topological polar surface area (TPSA) is 46.2 Å². The highest BCUT2D eigenvalue weighted by molar-refractivity contribution is 7.19. The van der Waals surface area contributed by atoms with Gasteiger partial charge >= 0.3 is 0 Å². The van der Waals surface area contributed by atoms with Gasteiger partial charge in [-0.1, -0.05) is 31.5 Å². The van der Waals surface area contributed by atoms with Gasteiger partial charge in [0.1, 0.15) is 0 Å². The van der Waals surface area contributed by atoms with Crippen molar-refractivity contribution in [2.75, 3.05) is 6.54 Å². The lowest BCUT2D eigenvalue weighted by Gasteiger charge is -2.31. The molecule has 1 aromatic carbocycles. The Kier molecular flexibility index (Phi) is 4.05. The van der Waals surface area contributed by atoms with Gasteiger partial charge in [0.05, 0.1) is 5.60 Å². The van der Waals surface area contributed by atoms with E-state index in [2.05, 4.69) is 25.1 Å². The number of nitrogens with two attached hydrogens (primary N) is 1. The van der Waals surface area contributed by atoms with Crippen LogP contribution < -0.4 is 5.73 Å². The van der Waals surface area contributed by atoms with E-state index in [0.29, 0.717) is 6.54 Å². The molecule has 98 valence electrons. The summed E-state index contributed by atoms with van der Waals surface area (Å²) in [6.07, 6.45) is 2.00. The predicted octanol–water partition coefficient (Wildman–Crippen LogP) is 3.48. The van der Waals surface area contributed by atoms with E-state index in [4.69, 9.17) is 5.73 Å². The molecule has 0 spiro atoms. The quantitative estimate of drug-likeness (QED) is 0.867. The molecule has 2 unspecified atom stereocenters. The van der Waals surface area contributed by atoms with Gasteiger partial charge in [0.2, 0.25) is 0 Å². The molecule has 0 aliphatic carbocycles. The molecule has 3 heteroatoms. The normalized spacial score (nSPS) is 16.7. The summed E-state index contributed by atoms with van der Waals surface area (Å²) in [5.41, 5.74) is 5.00. The molecule has 0 fully saturated rings. The Hall–Kier alpha value is -0.900.